The predicted octanol–water partition coefficient (Wildman–Crippen LogP) is 8.32. The molecular formula is C33H26O. The van der Waals surface area contributed by atoms with Crippen LogP contribution in [-0.2, 0) is 4.79 Å². The molecule has 0 aliphatic heterocycles. The van der Waals surface area contributed by atoms with Crippen LogP contribution in [0.5, 0.6) is 0 Å². The van der Waals surface area contributed by atoms with E-state index in [0.29, 0.717) is 0 Å². The molecule has 0 spiro atoms. The van der Waals surface area contributed by atoms with Crippen molar-refractivity contribution >= 4 is 42.2 Å². The minimum Gasteiger partial charge on any atom is -0.290 e. The average Bonchev–Trinajstić information content (AvgIpc) is 2.90. The fourth-order valence-corrected chi connectivity index (χ4v) is 3.53. The fourth-order valence-electron chi connectivity index (χ4n) is 3.53. The molecule has 0 aliphatic carbocycles. The van der Waals surface area contributed by atoms with Gasteiger partial charge >= 0.3 is 0 Å². The first kappa shape index (κ1) is 22.7. The molecule has 0 heterocycles. The summed E-state index contributed by atoms with van der Waals surface area (Å²) in [5.74, 6) is -0.0521. The Labute approximate surface area is 201 Å². The Kier molecular flexibility index (Phi) is 7.97. The lowest BCUT2D eigenvalue weighted by Gasteiger charge is -2.01. The third-order valence-corrected chi connectivity index (χ3v) is 5.36. The summed E-state index contributed by atoms with van der Waals surface area (Å²) in [6.07, 6.45) is 15.3. The highest BCUT2D eigenvalue weighted by Gasteiger charge is 1.98. The number of ketones is 1. The zero-order valence-electron chi connectivity index (χ0n) is 18.9. The highest BCUT2D eigenvalue weighted by Crippen LogP contribution is 2.17. The predicted molar refractivity (Wildman–Crippen MR) is 147 cm³/mol. The van der Waals surface area contributed by atoms with Crippen molar-refractivity contribution in [1.82, 2.24) is 0 Å². The van der Waals surface area contributed by atoms with Crippen LogP contribution in [0.2, 0.25) is 0 Å². The molecule has 164 valence electrons. The summed E-state index contributed by atoms with van der Waals surface area (Å²) in [5.41, 5.74) is 6.41. The monoisotopic (exact) mass is 438 g/mol. The Morgan fingerprint density at radius 3 is 1.09 bits per heavy atom. The fraction of sp³-hybridized carbons (Fsp3) is 0. The van der Waals surface area contributed by atoms with Gasteiger partial charge in [0.15, 0.2) is 5.78 Å². The lowest BCUT2D eigenvalue weighted by atomic mass is 10.0. The van der Waals surface area contributed by atoms with Gasteiger partial charge in [0.1, 0.15) is 0 Å². The van der Waals surface area contributed by atoms with E-state index in [-0.39, 0.29) is 5.78 Å². The standard InChI is InChI=1S/C33H26O/c34-33(25-23-31-17-9-7-15-29(31)21-19-27-11-3-1-4-12-27)26-24-32-18-10-8-16-30(32)22-20-28-13-5-2-6-14-28/h1-26H/b21-19+,22-20+,25-23+,26-24+. The number of rotatable bonds is 8. The van der Waals surface area contributed by atoms with Crippen LogP contribution in [0, 0.1) is 0 Å². The minimum atomic E-state index is -0.0521. The first-order valence-electron chi connectivity index (χ1n) is 11.3. The van der Waals surface area contributed by atoms with Crippen LogP contribution in [-0.4, -0.2) is 5.78 Å². The van der Waals surface area contributed by atoms with Gasteiger partial charge in [-0.05, 0) is 45.5 Å². The molecule has 0 fully saturated rings. The average molecular weight is 439 g/mol. The summed E-state index contributed by atoms with van der Waals surface area (Å²) < 4.78 is 0. The summed E-state index contributed by atoms with van der Waals surface area (Å²) in [7, 11) is 0. The van der Waals surface area contributed by atoms with E-state index in [2.05, 4.69) is 60.7 Å². The second kappa shape index (κ2) is 11.9. The molecule has 1 heteroatoms. The van der Waals surface area contributed by atoms with E-state index < -0.39 is 0 Å². The molecule has 0 saturated heterocycles. The first-order valence-corrected chi connectivity index (χ1v) is 11.3. The number of carbonyl (C=O) groups excluding carboxylic acids is 1. The van der Waals surface area contributed by atoms with Crippen molar-refractivity contribution in [3.05, 3.63) is 155 Å². The zero-order chi connectivity index (χ0) is 23.4. The van der Waals surface area contributed by atoms with Crippen molar-refractivity contribution in [2.24, 2.45) is 0 Å². The van der Waals surface area contributed by atoms with Crippen LogP contribution >= 0.6 is 0 Å². The smallest absolute Gasteiger partial charge is 0.178 e. The number of hydrogen-bond acceptors (Lipinski definition) is 1. The van der Waals surface area contributed by atoms with Crippen LogP contribution in [0.4, 0.5) is 0 Å². The molecule has 0 N–H and O–H groups in total. The normalized spacial score (nSPS) is 11.8. The van der Waals surface area contributed by atoms with Crippen molar-refractivity contribution in [3.63, 3.8) is 0 Å². The lowest BCUT2D eigenvalue weighted by molar-refractivity contribution is -0.110. The molecule has 0 saturated carbocycles. The topological polar surface area (TPSA) is 17.1 Å². The van der Waals surface area contributed by atoms with Crippen LogP contribution in [0.3, 0.4) is 0 Å². The van der Waals surface area contributed by atoms with Crippen molar-refractivity contribution in [2.75, 3.05) is 0 Å². The van der Waals surface area contributed by atoms with Crippen molar-refractivity contribution in [3.8, 4) is 0 Å². The summed E-state index contributed by atoms with van der Waals surface area (Å²) in [5, 5.41) is 0. The summed E-state index contributed by atoms with van der Waals surface area (Å²) in [6.45, 7) is 0. The maximum Gasteiger partial charge on any atom is 0.178 e. The number of carbonyl (C=O) groups is 1. The number of benzene rings is 4. The van der Waals surface area contributed by atoms with Gasteiger partial charge in [-0.25, -0.2) is 0 Å². The van der Waals surface area contributed by atoms with Crippen LogP contribution in [0.15, 0.2) is 121 Å². The second-order valence-corrected chi connectivity index (χ2v) is 7.81. The first-order chi connectivity index (χ1) is 16.8. The van der Waals surface area contributed by atoms with Gasteiger partial charge < -0.3 is 0 Å². The maximum atomic E-state index is 12.6. The molecule has 0 unspecified atom stereocenters. The van der Waals surface area contributed by atoms with E-state index in [9.17, 15) is 4.79 Å². The molecule has 0 aliphatic rings. The Morgan fingerprint density at radius 2 is 0.706 bits per heavy atom. The molecule has 0 bridgehead atoms. The van der Waals surface area contributed by atoms with Crippen LogP contribution < -0.4 is 0 Å². The Bertz CT molecular complexity index is 1230. The molecule has 0 radical (unpaired) electrons. The van der Waals surface area contributed by atoms with Gasteiger partial charge in [-0.1, -0.05) is 146 Å². The molecule has 0 amide bonds. The number of allylic oxidation sites excluding steroid dienone is 2. The summed E-state index contributed by atoms with van der Waals surface area (Å²) in [4.78, 5) is 12.6. The quantitative estimate of drug-likeness (QED) is 0.200. The van der Waals surface area contributed by atoms with Gasteiger partial charge in [0.05, 0.1) is 0 Å². The molecule has 4 aromatic rings. The van der Waals surface area contributed by atoms with Crippen LogP contribution in [0.1, 0.15) is 33.4 Å². The van der Waals surface area contributed by atoms with E-state index in [1.54, 1.807) is 12.2 Å². The van der Waals surface area contributed by atoms with Gasteiger partial charge in [0.2, 0.25) is 0 Å². The van der Waals surface area contributed by atoms with Gasteiger partial charge in [-0.15, -0.1) is 0 Å². The zero-order valence-corrected chi connectivity index (χ0v) is 18.9. The van der Waals surface area contributed by atoms with E-state index in [0.717, 1.165) is 33.4 Å². The van der Waals surface area contributed by atoms with Gasteiger partial charge in [-0.2, -0.15) is 0 Å². The SMILES string of the molecule is O=C(/C=C/c1ccccc1/C=C/c1ccccc1)/C=C/c1ccccc1/C=C/c1ccccc1. The largest absolute Gasteiger partial charge is 0.290 e. The third-order valence-electron chi connectivity index (χ3n) is 5.36. The van der Waals surface area contributed by atoms with Crippen molar-refractivity contribution in [1.29, 1.82) is 0 Å². The van der Waals surface area contributed by atoms with E-state index >= 15 is 0 Å². The van der Waals surface area contributed by atoms with E-state index in [1.165, 1.54) is 0 Å². The Balaban J connectivity index is 1.46. The second-order valence-electron chi connectivity index (χ2n) is 7.81. The van der Waals surface area contributed by atoms with Gasteiger partial charge in [0.25, 0.3) is 0 Å². The minimum absolute atomic E-state index is 0.0521. The molecule has 4 aromatic carbocycles. The highest BCUT2D eigenvalue weighted by atomic mass is 16.1. The Morgan fingerprint density at radius 1 is 0.382 bits per heavy atom. The van der Waals surface area contributed by atoms with Crippen LogP contribution in [0.25, 0.3) is 36.5 Å². The van der Waals surface area contributed by atoms with E-state index in [1.807, 2.05) is 84.9 Å². The molecule has 0 aromatic heterocycles. The van der Waals surface area contributed by atoms with Crippen molar-refractivity contribution in [2.45, 2.75) is 0 Å². The molecule has 0 atom stereocenters. The van der Waals surface area contributed by atoms with Gasteiger partial charge in [-0.3, -0.25) is 4.79 Å². The van der Waals surface area contributed by atoms with E-state index in [4.69, 9.17) is 0 Å². The molecule has 1 nitrogen and oxygen atoms in total. The molecule has 34 heavy (non-hydrogen) atoms. The molecular weight excluding hydrogens is 412 g/mol. The maximum absolute atomic E-state index is 12.6. The van der Waals surface area contributed by atoms with Gasteiger partial charge in [0, 0.05) is 0 Å². The number of hydrogen-bond donors (Lipinski definition) is 0. The summed E-state index contributed by atoms with van der Waals surface area (Å²) >= 11 is 0. The molecule has 4 rings (SSSR count). The van der Waals surface area contributed by atoms with Crippen molar-refractivity contribution < 1.29 is 4.79 Å². The third kappa shape index (κ3) is 6.75. The Hall–Kier alpha value is -4.49. The highest BCUT2D eigenvalue weighted by molar-refractivity contribution is 6.05. The lowest BCUT2D eigenvalue weighted by Crippen LogP contribution is -1.87. The summed E-state index contributed by atoms with van der Waals surface area (Å²) in [6, 6.07) is 36.5.